The Labute approximate surface area is 62.6 Å². The fourth-order valence-electron chi connectivity index (χ4n) is 1.64. The SMILES string of the molecule is CC(C)C[C@]1(O)CCCN1. The van der Waals surface area contributed by atoms with Gasteiger partial charge in [-0.1, -0.05) is 13.8 Å². The summed E-state index contributed by atoms with van der Waals surface area (Å²) in [4.78, 5) is 0. The Morgan fingerprint density at radius 2 is 2.30 bits per heavy atom. The zero-order valence-corrected chi connectivity index (χ0v) is 6.85. The first-order valence-corrected chi connectivity index (χ1v) is 4.10. The van der Waals surface area contributed by atoms with E-state index in [0.29, 0.717) is 5.92 Å². The van der Waals surface area contributed by atoms with Gasteiger partial charge in [0, 0.05) is 0 Å². The van der Waals surface area contributed by atoms with Gasteiger partial charge in [-0.3, -0.25) is 5.32 Å². The van der Waals surface area contributed by atoms with E-state index in [9.17, 15) is 5.11 Å². The van der Waals surface area contributed by atoms with Crippen molar-refractivity contribution in [2.75, 3.05) is 6.54 Å². The molecule has 0 spiro atoms. The van der Waals surface area contributed by atoms with E-state index in [1.165, 1.54) is 0 Å². The minimum absolute atomic E-state index is 0.534. The molecule has 1 saturated heterocycles. The highest BCUT2D eigenvalue weighted by atomic mass is 16.3. The van der Waals surface area contributed by atoms with Crippen molar-refractivity contribution in [1.29, 1.82) is 0 Å². The summed E-state index contributed by atoms with van der Waals surface area (Å²) in [5.74, 6) is 0.579. The number of nitrogens with one attached hydrogen (secondary N) is 1. The van der Waals surface area contributed by atoms with E-state index >= 15 is 0 Å². The number of aliphatic hydroxyl groups is 1. The first-order chi connectivity index (χ1) is 4.62. The molecule has 0 aromatic carbocycles. The zero-order valence-electron chi connectivity index (χ0n) is 6.85. The molecule has 1 fully saturated rings. The Bertz CT molecular complexity index is 106. The molecular weight excluding hydrogens is 126 g/mol. The summed E-state index contributed by atoms with van der Waals surface area (Å²) < 4.78 is 0. The molecule has 0 radical (unpaired) electrons. The lowest BCUT2D eigenvalue weighted by Gasteiger charge is -2.24. The molecule has 0 aromatic rings. The summed E-state index contributed by atoms with van der Waals surface area (Å²) in [5, 5.41) is 12.9. The normalized spacial score (nSPS) is 33.6. The summed E-state index contributed by atoms with van der Waals surface area (Å²) in [5.41, 5.74) is -0.534. The minimum atomic E-state index is -0.534. The summed E-state index contributed by atoms with van der Waals surface area (Å²) in [6.45, 7) is 5.25. The summed E-state index contributed by atoms with van der Waals surface area (Å²) >= 11 is 0. The third kappa shape index (κ3) is 1.96. The van der Waals surface area contributed by atoms with Crippen LogP contribution in [0.5, 0.6) is 0 Å². The third-order valence-corrected chi connectivity index (χ3v) is 1.97. The molecule has 0 bridgehead atoms. The first kappa shape index (κ1) is 8.02. The van der Waals surface area contributed by atoms with Crippen LogP contribution in [0.4, 0.5) is 0 Å². The van der Waals surface area contributed by atoms with Crippen molar-refractivity contribution in [2.45, 2.75) is 38.8 Å². The number of hydrogen-bond donors (Lipinski definition) is 2. The molecular formula is C8H17NO. The van der Waals surface area contributed by atoms with Crippen molar-refractivity contribution in [2.24, 2.45) is 5.92 Å². The van der Waals surface area contributed by atoms with Crippen LogP contribution >= 0.6 is 0 Å². The van der Waals surface area contributed by atoms with Gasteiger partial charge in [0.15, 0.2) is 0 Å². The van der Waals surface area contributed by atoms with Crippen molar-refractivity contribution >= 4 is 0 Å². The van der Waals surface area contributed by atoms with E-state index in [4.69, 9.17) is 0 Å². The second-order valence-corrected chi connectivity index (χ2v) is 3.66. The summed E-state index contributed by atoms with van der Waals surface area (Å²) in [7, 11) is 0. The molecule has 1 rings (SSSR count). The number of rotatable bonds is 2. The molecule has 60 valence electrons. The molecule has 0 aromatic heterocycles. The largest absolute Gasteiger partial charge is 0.376 e. The van der Waals surface area contributed by atoms with E-state index in [2.05, 4.69) is 19.2 Å². The molecule has 1 atom stereocenters. The molecule has 0 amide bonds. The quantitative estimate of drug-likeness (QED) is 0.607. The van der Waals surface area contributed by atoms with Gasteiger partial charge in [0.2, 0.25) is 0 Å². The van der Waals surface area contributed by atoms with Crippen molar-refractivity contribution in [3.05, 3.63) is 0 Å². The summed E-state index contributed by atoms with van der Waals surface area (Å²) in [6.07, 6.45) is 2.92. The Morgan fingerprint density at radius 1 is 1.60 bits per heavy atom. The molecule has 0 aliphatic carbocycles. The van der Waals surface area contributed by atoms with Crippen LogP contribution in [0.15, 0.2) is 0 Å². The van der Waals surface area contributed by atoms with Crippen molar-refractivity contribution in [1.82, 2.24) is 5.32 Å². The van der Waals surface area contributed by atoms with Crippen LogP contribution in [0.3, 0.4) is 0 Å². The van der Waals surface area contributed by atoms with Gasteiger partial charge in [0.25, 0.3) is 0 Å². The highest BCUT2D eigenvalue weighted by molar-refractivity contribution is 4.82. The van der Waals surface area contributed by atoms with Crippen LogP contribution in [-0.2, 0) is 0 Å². The van der Waals surface area contributed by atoms with Gasteiger partial charge in [0.1, 0.15) is 5.72 Å². The Kier molecular flexibility index (Phi) is 2.32. The highest BCUT2D eigenvalue weighted by Gasteiger charge is 2.30. The average Bonchev–Trinajstić information content (AvgIpc) is 2.12. The minimum Gasteiger partial charge on any atom is -0.376 e. The topological polar surface area (TPSA) is 32.3 Å². The van der Waals surface area contributed by atoms with Crippen LogP contribution in [0.25, 0.3) is 0 Å². The van der Waals surface area contributed by atoms with Gasteiger partial charge < -0.3 is 5.11 Å². The predicted molar refractivity (Wildman–Crippen MR) is 41.6 cm³/mol. The predicted octanol–water partition coefficient (Wildman–Crippen LogP) is 1.10. The molecule has 0 saturated carbocycles. The molecule has 10 heavy (non-hydrogen) atoms. The van der Waals surface area contributed by atoms with Gasteiger partial charge in [-0.15, -0.1) is 0 Å². The molecule has 1 aliphatic rings. The van der Waals surface area contributed by atoms with Crippen LogP contribution < -0.4 is 5.32 Å². The molecule has 2 nitrogen and oxygen atoms in total. The monoisotopic (exact) mass is 143 g/mol. The molecule has 2 heteroatoms. The second-order valence-electron chi connectivity index (χ2n) is 3.66. The Morgan fingerprint density at radius 3 is 2.70 bits per heavy atom. The van der Waals surface area contributed by atoms with E-state index < -0.39 is 5.72 Å². The standard InChI is InChI=1S/C8H17NO/c1-7(2)6-8(10)4-3-5-9-8/h7,9-10H,3-6H2,1-2H3/t8-/m1/s1. The van der Waals surface area contributed by atoms with Gasteiger partial charge >= 0.3 is 0 Å². The summed E-state index contributed by atoms with van der Waals surface area (Å²) in [6, 6.07) is 0. The van der Waals surface area contributed by atoms with Crippen LogP contribution in [0, 0.1) is 5.92 Å². The molecule has 0 unspecified atom stereocenters. The number of hydrogen-bond acceptors (Lipinski definition) is 2. The van der Waals surface area contributed by atoms with Gasteiger partial charge in [0.05, 0.1) is 0 Å². The van der Waals surface area contributed by atoms with Crippen molar-refractivity contribution in [3.63, 3.8) is 0 Å². The Balaban J connectivity index is 2.36. The van der Waals surface area contributed by atoms with Crippen molar-refractivity contribution < 1.29 is 5.11 Å². The van der Waals surface area contributed by atoms with Crippen LogP contribution in [0.2, 0.25) is 0 Å². The molecule has 2 N–H and O–H groups in total. The van der Waals surface area contributed by atoms with Gasteiger partial charge in [-0.05, 0) is 31.7 Å². The maximum absolute atomic E-state index is 9.75. The fourth-order valence-corrected chi connectivity index (χ4v) is 1.64. The highest BCUT2D eigenvalue weighted by Crippen LogP contribution is 2.23. The zero-order chi connectivity index (χ0) is 7.61. The lowest BCUT2D eigenvalue weighted by molar-refractivity contribution is 0.00504. The fraction of sp³-hybridized carbons (Fsp3) is 1.00. The first-order valence-electron chi connectivity index (χ1n) is 4.10. The van der Waals surface area contributed by atoms with E-state index in [0.717, 1.165) is 25.8 Å². The van der Waals surface area contributed by atoms with Gasteiger partial charge in [-0.2, -0.15) is 0 Å². The molecule has 1 heterocycles. The van der Waals surface area contributed by atoms with E-state index in [-0.39, 0.29) is 0 Å². The second kappa shape index (κ2) is 2.89. The van der Waals surface area contributed by atoms with Crippen molar-refractivity contribution in [3.8, 4) is 0 Å². The van der Waals surface area contributed by atoms with E-state index in [1.54, 1.807) is 0 Å². The maximum Gasteiger partial charge on any atom is 0.116 e. The smallest absolute Gasteiger partial charge is 0.116 e. The molecule has 1 aliphatic heterocycles. The van der Waals surface area contributed by atoms with E-state index in [1.807, 2.05) is 0 Å². The lowest BCUT2D eigenvalue weighted by Crippen LogP contribution is -2.40. The lowest BCUT2D eigenvalue weighted by atomic mass is 9.99. The Hall–Kier alpha value is -0.0800. The average molecular weight is 143 g/mol. The van der Waals surface area contributed by atoms with Gasteiger partial charge in [-0.25, -0.2) is 0 Å². The van der Waals surface area contributed by atoms with Crippen LogP contribution in [-0.4, -0.2) is 17.4 Å². The van der Waals surface area contributed by atoms with Crippen LogP contribution in [0.1, 0.15) is 33.1 Å². The maximum atomic E-state index is 9.75. The third-order valence-electron chi connectivity index (χ3n) is 1.97.